The summed E-state index contributed by atoms with van der Waals surface area (Å²) >= 11 is 0. The fourth-order valence-corrected chi connectivity index (χ4v) is 5.22. The van der Waals surface area contributed by atoms with Gasteiger partial charge in [0.2, 0.25) is 11.8 Å². The van der Waals surface area contributed by atoms with Crippen LogP contribution < -0.4 is 10.6 Å². The van der Waals surface area contributed by atoms with Crippen molar-refractivity contribution in [1.29, 1.82) is 0 Å². The molecular formula is C28H44N4O6. The van der Waals surface area contributed by atoms with Crippen molar-refractivity contribution in [3.8, 4) is 0 Å². The van der Waals surface area contributed by atoms with Crippen LogP contribution in [0.1, 0.15) is 84.8 Å². The molecule has 4 N–H and O–H groups in total. The number of aromatic nitrogens is 2. The van der Waals surface area contributed by atoms with E-state index in [-0.39, 0.29) is 42.7 Å². The average Bonchev–Trinajstić information content (AvgIpc) is 3.38. The second-order valence-electron chi connectivity index (χ2n) is 11.1. The van der Waals surface area contributed by atoms with Crippen LogP contribution in [-0.4, -0.2) is 62.9 Å². The number of aliphatic hydroxyl groups is 1. The molecular weight excluding hydrogens is 488 g/mol. The lowest BCUT2D eigenvalue weighted by molar-refractivity contribution is -0.137. The number of rotatable bonds is 16. The minimum Gasteiger partial charge on any atom is -0.393 e. The number of carbonyl (C=O) groups excluding carboxylic acids is 5. The van der Waals surface area contributed by atoms with E-state index in [2.05, 4.69) is 20.6 Å². The molecule has 0 radical (unpaired) electrons. The highest BCUT2D eigenvalue weighted by molar-refractivity contribution is 5.94. The Hall–Kier alpha value is -2.88. The predicted octanol–water partition coefficient (Wildman–Crippen LogP) is 2.30. The van der Waals surface area contributed by atoms with Crippen molar-refractivity contribution in [1.82, 2.24) is 20.6 Å². The Morgan fingerprint density at radius 2 is 1.76 bits per heavy atom. The van der Waals surface area contributed by atoms with Crippen molar-refractivity contribution in [3.63, 3.8) is 0 Å². The number of ketones is 2. The number of amides is 2. The van der Waals surface area contributed by atoms with Crippen molar-refractivity contribution in [2.45, 2.75) is 104 Å². The Bertz CT molecular complexity index is 924. The van der Waals surface area contributed by atoms with E-state index in [1.54, 1.807) is 20.0 Å². The van der Waals surface area contributed by atoms with Gasteiger partial charge in [0.25, 0.3) is 0 Å². The second-order valence-corrected chi connectivity index (χ2v) is 11.1. The number of H-pyrrole nitrogens is 1. The molecule has 1 heterocycles. The standard InChI is InChI=1S/C28H44N4O6/c1-17(2)26(32-28(38)24(19(4)35)10-18(3)34)25(36)12-21(11-20-8-6-5-7-9-20)27(37)31-23(15-33)13-22-14-29-16-30-22/h14-17,19-21,23-24,26,35H,5-13H2,1-4H3,(H,29,30)(H,31,37)(H,32,38)/t19?,21-,23+,24+,26+/m1/s1. The summed E-state index contributed by atoms with van der Waals surface area (Å²) in [4.78, 5) is 70.0. The fourth-order valence-electron chi connectivity index (χ4n) is 5.22. The van der Waals surface area contributed by atoms with E-state index in [0.29, 0.717) is 24.3 Å². The van der Waals surface area contributed by atoms with Crippen LogP contribution in [0, 0.1) is 23.7 Å². The monoisotopic (exact) mass is 532 g/mol. The number of hydrogen-bond donors (Lipinski definition) is 4. The molecule has 0 aromatic carbocycles. The van der Waals surface area contributed by atoms with Gasteiger partial charge in [-0.2, -0.15) is 0 Å². The van der Waals surface area contributed by atoms with Crippen LogP contribution in [0.25, 0.3) is 0 Å². The predicted molar refractivity (Wildman–Crippen MR) is 142 cm³/mol. The zero-order valence-electron chi connectivity index (χ0n) is 23.1. The zero-order chi connectivity index (χ0) is 28.2. The highest BCUT2D eigenvalue weighted by atomic mass is 16.3. The molecule has 212 valence electrons. The molecule has 10 heteroatoms. The molecule has 1 aliphatic carbocycles. The third kappa shape index (κ3) is 10.1. The first-order valence-electron chi connectivity index (χ1n) is 13.7. The number of carbonyl (C=O) groups is 5. The Labute approximate surface area is 225 Å². The fraction of sp³-hybridized carbons (Fsp3) is 0.714. The van der Waals surface area contributed by atoms with Gasteiger partial charge in [0.05, 0.1) is 30.4 Å². The van der Waals surface area contributed by atoms with E-state index in [0.717, 1.165) is 32.1 Å². The summed E-state index contributed by atoms with van der Waals surface area (Å²) in [6.07, 6.45) is 8.65. The maximum atomic E-state index is 13.5. The highest BCUT2D eigenvalue weighted by Crippen LogP contribution is 2.31. The van der Waals surface area contributed by atoms with Crippen molar-refractivity contribution in [3.05, 3.63) is 18.2 Å². The Kier molecular flexibility index (Phi) is 12.8. The third-order valence-electron chi connectivity index (χ3n) is 7.39. The molecule has 1 fully saturated rings. The van der Waals surface area contributed by atoms with Gasteiger partial charge >= 0.3 is 0 Å². The number of nitrogens with zero attached hydrogens (tertiary/aromatic N) is 1. The van der Waals surface area contributed by atoms with Gasteiger partial charge in [-0.3, -0.25) is 14.4 Å². The van der Waals surface area contributed by atoms with Crippen LogP contribution in [0.5, 0.6) is 0 Å². The smallest absolute Gasteiger partial charge is 0.226 e. The molecule has 0 aliphatic heterocycles. The molecule has 1 aromatic rings. The van der Waals surface area contributed by atoms with Gasteiger partial charge in [-0.25, -0.2) is 4.98 Å². The molecule has 1 unspecified atom stereocenters. The second kappa shape index (κ2) is 15.5. The number of aromatic amines is 1. The average molecular weight is 533 g/mol. The van der Waals surface area contributed by atoms with E-state index in [1.165, 1.54) is 20.2 Å². The van der Waals surface area contributed by atoms with Crippen LogP contribution in [-0.2, 0) is 30.4 Å². The number of nitrogens with one attached hydrogen (secondary N) is 3. The van der Waals surface area contributed by atoms with E-state index < -0.39 is 35.9 Å². The van der Waals surface area contributed by atoms with Crippen LogP contribution in [0.15, 0.2) is 12.5 Å². The molecule has 10 nitrogen and oxygen atoms in total. The van der Waals surface area contributed by atoms with Crippen LogP contribution >= 0.6 is 0 Å². The van der Waals surface area contributed by atoms with Crippen molar-refractivity contribution in [2.24, 2.45) is 23.7 Å². The number of imidazole rings is 1. The molecule has 1 saturated carbocycles. The lowest BCUT2D eigenvalue weighted by atomic mass is 9.80. The van der Waals surface area contributed by atoms with Crippen molar-refractivity contribution >= 4 is 29.7 Å². The minimum absolute atomic E-state index is 0.0762. The summed E-state index contributed by atoms with van der Waals surface area (Å²) < 4.78 is 0. The van der Waals surface area contributed by atoms with Gasteiger partial charge in [0.1, 0.15) is 12.1 Å². The summed E-state index contributed by atoms with van der Waals surface area (Å²) in [5.41, 5.74) is 0.711. The Morgan fingerprint density at radius 3 is 2.29 bits per heavy atom. The Morgan fingerprint density at radius 1 is 1.08 bits per heavy atom. The van der Waals surface area contributed by atoms with E-state index >= 15 is 0 Å². The molecule has 1 aromatic heterocycles. The number of Topliss-reactive ketones (excluding diaryl/α,β-unsaturated/α-hetero) is 2. The SMILES string of the molecule is CC(=O)C[C@H](C(=O)N[C@H](C(=O)C[C@@H](CC1CCCCC1)C(=O)N[C@H](C=O)Cc1cnc[nH]1)C(C)C)C(C)O. The number of aliphatic hydroxyl groups excluding tert-OH is 1. The minimum atomic E-state index is -1.05. The van der Waals surface area contributed by atoms with E-state index in [4.69, 9.17) is 0 Å². The topological polar surface area (TPSA) is 158 Å². The molecule has 2 amide bonds. The number of aldehydes is 1. The van der Waals surface area contributed by atoms with Gasteiger partial charge in [-0.15, -0.1) is 0 Å². The van der Waals surface area contributed by atoms with Gasteiger partial charge in [0.15, 0.2) is 5.78 Å². The summed E-state index contributed by atoms with van der Waals surface area (Å²) in [6.45, 7) is 6.39. The number of hydrogen-bond acceptors (Lipinski definition) is 7. The van der Waals surface area contributed by atoms with Gasteiger partial charge in [-0.05, 0) is 32.1 Å². The first-order chi connectivity index (χ1) is 18.0. The lowest BCUT2D eigenvalue weighted by Crippen LogP contribution is -2.50. The summed E-state index contributed by atoms with van der Waals surface area (Å²) in [6, 6.07) is -1.63. The highest BCUT2D eigenvalue weighted by Gasteiger charge is 2.34. The normalized spacial score (nSPS) is 18.2. The maximum absolute atomic E-state index is 13.5. The molecule has 5 atom stereocenters. The quantitative estimate of drug-likeness (QED) is 0.238. The molecule has 2 rings (SSSR count). The Balaban J connectivity index is 2.16. The molecule has 38 heavy (non-hydrogen) atoms. The first-order valence-corrected chi connectivity index (χ1v) is 13.7. The molecule has 0 spiro atoms. The lowest BCUT2D eigenvalue weighted by Gasteiger charge is -2.29. The summed E-state index contributed by atoms with van der Waals surface area (Å²) in [5, 5.41) is 15.6. The molecule has 1 aliphatic rings. The third-order valence-corrected chi connectivity index (χ3v) is 7.39. The molecule has 0 bridgehead atoms. The van der Waals surface area contributed by atoms with Gasteiger partial charge < -0.3 is 30.3 Å². The zero-order valence-corrected chi connectivity index (χ0v) is 23.1. The first kappa shape index (κ1) is 31.3. The van der Waals surface area contributed by atoms with Crippen molar-refractivity contribution in [2.75, 3.05) is 0 Å². The summed E-state index contributed by atoms with van der Waals surface area (Å²) in [5.74, 6) is -2.98. The van der Waals surface area contributed by atoms with E-state index in [9.17, 15) is 29.1 Å². The largest absolute Gasteiger partial charge is 0.393 e. The van der Waals surface area contributed by atoms with Crippen LogP contribution in [0.4, 0.5) is 0 Å². The van der Waals surface area contributed by atoms with Crippen molar-refractivity contribution < 1.29 is 29.1 Å². The van der Waals surface area contributed by atoms with Crippen LogP contribution in [0.3, 0.4) is 0 Å². The maximum Gasteiger partial charge on any atom is 0.226 e. The van der Waals surface area contributed by atoms with Gasteiger partial charge in [0, 0.05) is 37.1 Å². The molecule has 0 saturated heterocycles. The van der Waals surface area contributed by atoms with Crippen LogP contribution in [0.2, 0.25) is 0 Å². The van der Waals surface area contributed by atoms with E-state index in [1.807, 2.05) is 0 Å². The summed E-state index contributed by atoms with van der Waals surface area (Å²) in [7, 11) is 0. The van der Waals surface area contributed by atoms with Gasteiger partial charge in [-0.1, -0.05) is 46.0 Å².